The van der Waals surface area contributed by atoms with E-state index in [0.29, 0.717) is 0 Å². The minimum absolute atomic E-state index is 0.00581. The van der Waals surface area contributed by atoms with Crippen molar-refractivity contribution in [2.45, 2.75) is 41.8 Å². The molecule has 1 N–H and O–H groups in total. The van der Waals surface area contributed by atoms with Crippen LogP contribution >= 0.6 is 11.8 Å². The summed E-state index contributed by atoms with van der Waals surface area (Å²) in [6, 6.07) is 0. The number of hydrogen-bond acceptors (Lipinski definition) is 2. The number of halogens is 5. The van der Waals surface area contributed by atoms with Gasteiger partial charge in [-0.15, -0.1) is 0 Å². The quantitative estimate of drug-likeness (QED) is 0.486. The lowest BCUT2D eigenvalue weighted by Gasteiger charge is -2.36. The van der Waals surface area contributed by atoms with Crippen molar-refractivity contribution >= 4 is 11.8 Å². The summed E-state index contributed by atoms with van der Waals surface area (Å²) in [4.78, 5) is 0. The second kappa shape index (κ2) is 4.59. The Morgan fingerprint density at radius 3 is 1.65 bits per heavy atom. The molecule has 2 fully saturated rings. The van der Waals surface area contributed by atoms with Gasteiger partial charge >= 0.3 is 0 Å². The van der Waals surface area contributed by atoms with Crippen LogP contribution in [0.4, 0.5) is 22.0 Å². The highest BCUT2D eigenvalue weighted by molar-refractivity contribution is 8.00. The molecule has 0 aromatic heterocycles. The first-order chi connectivity index (χ1) is 9.33. The molecule has 0 amide bonds. The van der Waals surface area contributed by atoms with E-state index in [4.69, 9.17) is 0 Å². The average Bonchev–Trinajstić information content (AvgIpc) is 2.74. The van der Waals surface area contributed by atoms with Crippen molar-refractivity contribution in [2.75, 3.05) is 0 Å². The van der Waals surface area contributed by atoms with E-state index in [1.807, 2.05) is 0 Å². The molecule has 110 valence electrons. The molecule has 0 aliphatic carbocycles. The van der Waals surface area contributed by atoms with Crippen LogP contribution in [0.15, 0.2) is 0 Å². The Labute approximate surface area is 116 Å². The third-order valence-corrected chi connectivity index (χ3v) is 5.58. The first-order valence-electron chi connectivity index (χ1n) is 6.23. The summed E-state index contributed by atoms with van der Waals surface area (Å²) in [6.45, 7) is 0. The highest BCUT2D eigenvalue weighted by Gasteiger charge is 2.48. The summed E-state index contributed by atoms with van der Waals surface area (Å²) in [6.07, 6.45) is 1.58. The van der Waals surface area contributed by atoms with Gasteiger partial charge in [0, 0.05) is 10.5 Å². The number of hydrogen-bond donors (Lipinski definition) is 1. The summed E-state index contributed by atoms with van der Waals surface area (Å²) >= 11 is 1.61. The molecule has 2 unspecified atom stereocenters. The van der Waals surface area contributed by atoms with Crippen molar-refractivity contribution in [3.8, 4) is 0 Å². The molecular weight excluding hydrogens is 299 g/mol. The first-order valence-corrected chi connectivity index (χ1v) is 7.17. The fourth-order valence-corrected chi connectivity index (χ4v) is 4.97. The molecule has 2 saturated heterocycles. The standard InChI is InChI=1S/C13H11F5OS/c14-8-7(9(15)11(17)12(18)10(8)16)13(19)3-5-1-2-6(4-13)20-5/h5-6,19H,1-4H2. The number of benzene rings is 1. The maximum absolute atomic E-state index is 13.8. The predicted molar refractivity (Wildman–Crippen MR) is 63.8 cm³/mol. The molecule has 2 heterocycles. The maximum Gasteiger partial charge on any atom is 0.200 e. The van der Waals surface area contributed by atoms with Crippen LogP contribution in [0.1, 0.15) is 31.2 Å². The molecule has 0 spiro atoms. The Hall–Kier alpha value is -0.820. The van der Waals surface area contributed by atoms with Gasteiger partial charge in [0.2, 0.25) is 5.82 Å². The lowest BCUT2D eigenvalue weighted by molar-refractivity contribution is 0.0108. The van der Waals surface area contributed by atoms with Gasteiger partial charge in [-0.25, -0.2) is 22.0 Å². The molecule has 1 aromatic rings. The number of rotatable bonds is 1. The largest absolute Gasteiger partial charge is 0.385 e. The zero-order valence-corrected chi connectivity index (χ0v) is 11.0. The van der Waals surface area contributed by atoms with Crippen molar-refractivity contribution in [2.24, 2.45) is 0 Å². The van der Waals surface area contributed by atoms with Crippen LogP contribution in [-0.4, -0.2) is 15.6 Å². The monoisotopic (exact) mass is 310 g/mol. The smallest absolute Gasteiger partial charge is 0.200 e. The van der Waals surface area contributed by atoms with Crippen molar-refractivity contribution < 1.29 is 27.1 Å². The third kappa shape index (κ3) is 1.94. The number of aliphatic hydroxyl groups is 1. The molecule has 2 bridgehead atoms. The van der Waals surface area contributed by atoms with Crippen molar-refractivity contribution in [3.05, 3.63) is 34.6 Å². The van der Waals surface area contributed by atoms with Crippen LogP contribution in [-0.2, 0) is 5.60 Å². The number of fused-ring (bicyclic) bond motifs is 2. The molecule has 7 heteroatoms. The van der Waals surface area contributed by atoms with Crippen LogP contribution in [0.3, 0.4) is 0 Å². The van der Waals surface area contributed by atoms with Gasteiger partial charge in [0.25, 0.3) is 0 Å². The molecule has 20 heavy (non-hydrogen) atoms. The van der Waals surface area contributed by atoms with Gasteiger partial charge in [-0.3, -0.25) is 0 Å². The van der Waals surface area contributed by atoms with Crippen molar-refractivity contribution in [1.29, 1.82) is 0 Å². The fraction of sp³-hybridized carbons (Fsp3) is 0.538. The van der Waals surface area contributed by atoms with Crippen LogP contribution in [0.2, 0.25) is 0 Å². The predicted octanol–water partition coefficient (Wildman–Crippen LogP) is 3.63. The Bertz CT molecular complexity index is 535. The van der Waals surface area contributed by atoms with Crippen molar-refractivity contribution in [3.63, 3.8) is 0 Å². The van der Waals surface area contributed by atoms with Gasteiger partial charge in [-0.2, -0.15) is 11.8 Å². The minimum Gasteiger partial charge on any atom is -0.385 e. The van der Waals surface area contributed by atoms with Gasteiger partial charge in [-0.05, 0) is 25.7 Å². The zero-order valence-electron chi connectivity index (χ0n) is 10.2. The molecule has 1 nitrogen and oxygen atoms in total. The average molecular weight is 310 g/mol. The maximum atomic E-state index is 13.8. The molecule has 3 rings (SSSR count). The Kier molecular flexibility index (Phi) is 3.25. The molecule has 2 aliphatic heterocycles. The van der Waals surface area contributed by atoms with Crippen LogP contribution in [0, 0.1) is 29.1 Å². The second-order valence-corrected chi connectivity index (χ2v) is 6.95. The van der Waals surface area contributed by atoms with E-state index in [1.165, 1.54) is 0 Å². The van der Waals surface area contributed by atoms with Crippen LogP contribution in [0.5, 0.6) is 0 Å². The van der Waals surface area contributed by atoms with E-state index in [-0.39, 0.29) is 23.3 Å². The summed E-state index contributed by atoms with van der Waals surface area (Å²) in [5.41, 5.74) is -3.06. The summed E-state index contributed by atoms with van der Waals surface area (Å²) in [5, 5.41) is 10.5. The van der Waals surface area contributed by atoms with Gasteiger partial charge in [0.15, 0.2) is 23.3 Å². The molecule has 1 aromatic carbocycles. The fourth-order valence-electron chi connectivity index (χ4n) is 3.13. The number of thioether (sulfide) groups is 1. The second-order valence-electron chi connectivity index (χ2n) is 5.34. The molecule has 2 aliphatic rings. The third-order valence-electron chi connectivity index (χ3n) is 4.00. The topological polar surface area (TPSA) is 20.2 Å². The van der Waals surface area contributed by atoms with Gasteiger partial charge in [0.05, 0.1) is 11.2 Å². The van der Waals surface area contributed by atoms with Crippen molar-refractivity contribution in [1.82, 2.24) is 0 Å². The first kappa shape index (κ1) is 14.1. The Balaban J connectivity index is 2.15. The van der Waals surface area contributed by atoms with E-state index in [1.54, 1.807) is 11.8 Å². The summed E-state index contributed by atoms with van der Waals surface area (Å²) in [7, 11) is 0. The molecule has 2 atom stereocenters. The summed E-state index contributed by atoms with van der Waals surface area (Å²) < 4.78 is 67.2. The van der Waals surface area contributed by atoms with Gasteiger partial charge in [0.1, 0.15) is 0 Å². The Morgan fingerprint density at radius 1 is 0.800 bits per heavy atom. The summed E-state index contributed by atoms with van der Waals surface area (Å²) in [5.74, 6) is -10.0. The highest BCUT2D eigenvalue weighted by Crippen LogP contribution is 2.52. The minimum atomic E-state index is -2.19. The Morgan fingerprint density at radius 2 is 1.20 bits per heavy atom. The van der Waals surface area contributed by atoms with Gasteiger partial charge < -0.3 is 5.11 Å². The van der Waals surface area contributed by atoms with E-state index < -0.39 is 40.3 Å². The SMILES string of the molecule is OC1(c2c(F)c(F)c(F)c(F)c2F)CC2CCC(C1)S2. The van der Waals surface area contributed by atoms with E-state index in [2.05, 4.69) is 0 Å². The van der Waals surface area contributed by atoms with Crippen LogP contribution in [0.25, 0.3) is 0 Å². The van der Waals surface area contributed by atoms with Crippen LogP contribution < -0.4 is 0 Å². The van der Waals surface area contributed by atoms with E-state index >= 15 is 0 Å². The molecular formula is C13H11F5OS. The molecule has 0 radical (unpaired) electrons. The molecule has 0 saturated carbocycles. The zero-order chi connectivity index (χ0) is 14.7. The lowest BCUT2D eigenvalue weighted by Crippen LogP contribution is -2.37. The van der Waals surface area contributed by atoms with E-state index in [9.17, 15) is 27.1 Å². The normalized spacial score (nSPS) is 32.7. The van der Waals surface area contributed by atoms with Gasteiger partial charge in [-0.1, -0.05) is 0 Å². The highest BCUT2D eigenvalue weighted by atomic mass is 32.2. The van der Waals surface area contributed by atoms with E-state index in [0.717, 1.165) is 12.8 Å². The lowest BCUT2D eigenvalue weighted by atomic mass is 9.85.